The minimum absolute atomic E-state index is 0.476. The smallest absolute Gasteiger partial charge is 0.242 e. The molecule has 2 rings (SSSR count). The van der Waals surface area contributed by atoms with Crippen LogP contribution in [0.25, 0.3) is 0 Å². The second-order valence-corrected chi connectivity index (χ2v) is 5.17. The van der Waals surface area contributed by atoms with Gasteiger partial charge in [-0.25, -0.2) is 4.98 Å². The third kappa shape index (κ3) is 3.72. The first-order valence-corrected chi connectivity index (χ1v) is 7.24. The Kier molecular flexibility index (Phi) is 4.82. The van der Waals surface area contributed by atoms with E-state index in [0.29, 0.717) is 30.0 Å². The van der Waals surface area contributed by atoms with Crippen LogP contribution in [0, 0.1) is 6.92 Å². The number of anilines is 2. The van der Waals surface area contributed by atoms with Gasteiger partial charge in [0, 0.05) is 6.04 Å². The normalized spacial score (nSPS) is 16.3. The average Bonchev–Trinajstić information content (AvgIpc) is 2.42. The van der Waals surface area contributed by atoms with Crippen molar-refractivity contribution in [3.63, 3.8) is 0 Å². The van der Waals surface area contributed by atoms with Crippen molar-refractivity contribution in [3.05, 3.63) is 5.82 Å². The van der Waals surface area contributed by atoms with Crippen molar-refractivity contribution in [2.45, 2.75) is 58.4 Å². The Labute approximate surface area is 115 Å². The molecule has 3 N–H and O–H groups in total. The number of ether oxygens (including phenoxy) is 1. The zero-order valence-electron chi connectivity index (χ0n) is 11.9. The highest BCUT2D eigenvalue weighted by atomic mass is 16.5. The highest BCUT2D eigenvalue weighted by Crippen LogP contribution is 2.29. The fourth-order valence-electron chi connectivity index (χ4n) is 2.41. The number of nitrogen functional groups attached to an aromatic ring is 1. The topological polar surface area (TPSA) is 73.1 Å². The van der Waals surface area contributed by atoms with Crippen LogP contribution in [0.5, 0.6) is 5.88 Å². The van der Waals surface area contributed by atoms with Gasteiger partial charge in [-0.2, -0.15) is 4.98 Å². The highest BCUT2D eigenvalue weighted by molar-refractivity contribution is 5.67. The third-order valence-corrected chi connectivity index (χ3v) is 3.41. The molecule has 0 aromatic carbocycles. The maximum atomic E-state index is 6.10. The minimum Gasteiger partial charge on any atom is -0.476 e. The molecule has 0 saturated heterocycles. The summed E-state index contributed by atoms with van der Waals surface area (Å²) in [6.45, 7) is 4.55. The molecule has 0 aliphatic heterocycles. The molecule has 1 fully saturated rings. The minimum atomic E-state index is 0.476. The van der Waals surface area contributed by atoms with Crippen LogP contribution in [-0.2, 0) is 0 Å². The summed E-state index contributed by atoms with van der Waals surface area (Å²) >= 11 is 0. The van der Waals surface area contributed by atoms with Gasteiger partial charge in [-0.05, 0) is 26.2 Å². The quantitative estimate of drug-likeness (QED) is 0.855. The summed E-state index contributed by atoms with van der Waals surface area (Å²) in [6, 6.07) is 0.476. The van der Waals surface area contributed by atoms with Crippen molar-refractivity contribution in [1.29, 1.82) is 0 Å². The Morgan fingerprint density at radius 2 is 2.00 bits per heavy atom. The number of nitrogens with two attached hydrogens (primary N) is 1. The highest BCUT2D eigenvalue weighted by Gasteiger charge is 2.17. The molecule has 0 radical (unpaired) electrons. The second-order valence-electron chi connectivity index (χ2n) is 5.17. The van der Waals surface area contributed by atoms with Gasteiger partial charge in [0.25, 0.3) is 0 Å². The van der Waals surface area contributed by atoms with Crippen LogP contribution < -0.4 is 15.8 Å². The molecule has 1 aliphatic carbocycles. The molecule has 1 aliphatic rings. The van der Waals surface area contributed by atoms with Crippen LogP contribution in [0.3, 0.4) is 0 Å². The van der Waals surface area contributed by atoms with Crippen LogP contribution in [0.2, 0.25) is 0 Å². The van der Waals surface area contributed by atoms with Gasteiger partial charge in [-0.1, -0.05) is 26.2 Å². The Morgan fingerprint density at radius 3 is 2.68 bits per heavy atom. The summed E-state index contributed by atoms with van der Waals surface area (Å²) in [6.07, 6.45) is 7.21. The average molecular weight is 264 g/mol. The predicted octanol–water partition coefficient (Wildman–Crippen LogP) is 2.90. The van der Waals surface area contributed by atoms with Crippen LogP contribution in [-0.4, -0.2) is 22.6 Å². The van der Waals surface area contributed by atoms with Crippen molar-refractivity contribution in [1.82, 2.24) is 9.97 Å². The molecular formula is C14H24N4O. The molecular weight excluding hydrogens is 240 g/mol. The van der Waals surface area contributed by atoms with Crippen molar-refractivity contribution >= 4 is 11.5 Å². The van der Waals surface area contributed by atoms with Gasteiger partial charge in [0.15, 0.2) is 5.82 Å². The van der Waals surface area contributed by atoms with Gasteiger partial charge in [0.05, 0.1) is 6.61 Å². The molecule has 1 aromatic heterocycles. The molecule has 5 heteroatoms. The standard InChI is InChI=1S/C14H24N4O/c1-3-9-19-14-12(15)13(16-10(2)17-14)18-11-7-5-4-6-8-11/h11H,3-9,15H2,1-2H3,(H,16,17,18). The van der Waals surface area contributed by atoms with Gasteiger partial charge in [0.1, 0.15) is 11.5 Å². The van der Waals surface area contributed by atoms with E-state index in [9.17, 15) is 0 Å². The molecule has 0 spiro atoms. The molecule has 0 bridgehead atoms. The van der Waals surface area contributed by atoms with E-state index in [-0.39, 0.29) is 0 Å². The Morgan fingerprint density at radius 1 is 1.26 bits per heavy atom. The van der Waals surface area contributed by atoms with E-state index in [1.807, 2.05) is 6.92 Å². The first kappa shape index (κ1) is 13.9. The van der Waals surface area contributed by atoms with Crippen LogP contribution in [0.15, 0.2) is 0 Å². The number of nitrogens with zero attached hydrogens (tertiary/aromatic N) is 2. The maximum absolute atomic E-state index is 6.10. The number of hydrogen-bond donors (Lipinski definition) is 2. The maximum Gasteiger partial charge on any atom is 0.242 e. The lowest BCUT2D eigenvalue weighted by atomic mass is 9.95. The Bertz CT molecular complexity index is 416. The molecule has 5 nitrogen and oxygen atoms in total. The summed E-state index contributed by atoms with van der Waals surface area (Å²) in [5.41, 5.74) is 6.63. The van der Waals surface area contributed by atoms with E-state index in [4.69, 9.17) is 10.5 Å². The number of nitrogens with one attached hydrogen (secondary N) is 1. The second kappa shape index (κ2) is 6.59. The number of aromatic nitrogens is 2. The van der Waals surface area contributed by atoms with Crippen LogP contribution in [0.4, 0.5) is 11.5 Å². The molecule has 0 amide bonds. The van der Waals surface area contributed by atoms with E-state index in [1.54, 1.807) is 0 Å². The summed E-state index contributed by atoms with van der Waals surface area (Å²) in [5.74, 6) is 1.93. The fourth-order valence-corrected chi connectivity index (χ4v) is 2.41. The number of aryl methyl sites for hydroxylation is 1. The van der Waals surface area contributed by atoms with E-state index < -0.39 is 0 Å². The van der Waals surface area contributed by atoms with E-state index in [0.717, 1.165) is 12.2 Å². The van der Waals surface area contributed by atoms with Crippen molar-refractivity contribution < 1.29 is 4.74 Å². The number of rotatable bonds is 5. The van der Waals surface area contributed by atoms with Crippen molar-refractivity contribution in [2.24, 2.45) is 0 Å². The van der Waals surface area contributed by atoms with Crippen LogP contribution in [0.1, 0.15) is 51.3 Å². The van der Waals surface area contributed by atoms with Crippen molar-refractivity contribution in [3.8, 4) is 5.88 Å². The first-order chi connectivity index (χ1) is 9.20. The number of hydrogen-bond acceptors (Lipinski definition) is 5. The Hall–Kier alpha value is -1.52. The summed E-state index contributed by atoms with van der Waals surface area (Å²) in [4.78, 5) is 8.67. The molecule has 106 valence electrons. The van der Waals surface area contributed by atoms with E-state index in [2.05, 4.69) is 22.2 Å². The third-order valence-electron chi connectivity index (χ3n) is 3.41. The van der Waals surface area contributed by atoms with E-state index >= 15 is 0 Å². The fraction of sp³-hybridized carbons (Fsp3) is 0.714. The summed E-state index contributed by atoms with van der Waals surface area (Å²) in [5, 5.41) is 3.45. The molecule has 19 heavy (non-hydrogen) atoms. The zero-order chi connectivity index (χ0) is 13.7. The van der Waals surface area contributed by atoms with Crippen LogP contribution >= 0.6 is 0 Å². The summed E-state index contributed by atoms with van der Waals surface area (Å²) in [7, 11) is 0. The molecule has 0 atom stereocenters. The molecule has 1 heterocycles. The van der Waals surface area contributed by atoms with E-state index in [1.165, 1.54) is 32.1 Å². The lowest BCUT2D eigenvalue weighted by molar-refractivity contribution is 0.306. The lowest BCUT2D eigenvalue weighted by Crippen LogP contribution is -2.24. The van der Waals surface area contributed by atoms with Gasteiger partial charge in [0.2, 0.25) is 5.88 Å². The zero-order valence-corrected chi connectivity index (χ0v) is 11.9. The van der Waals surface area contributed by atoms with Gasteiger partial charge >= 0.3 is 0 Å². The lowest BCUT2D eigenvalue weighted by Gasteiger charge is -2.24. The SMILES string of the molecule is CCCOc1nc(C)nc(NC2CCCCC2)c1N. The predicted molar refractivity (Wildman–Crippen MR) is 77.5 cm³/mol. The summed E-state index contributed by atoms with van der Waals surface area (Å²) < 4.78 is 5.58. The van der Waals surface area contributed by atoms with Gasteiger partial charge in [-0.3, -0.25) is 0 Å². The molecule has 0 unspecified atom stereocenters. The molecule has 1 saturated carbocycles. The van der Waals surface area contributed by atoms with Crippen molar-refractivity contribution in [2.75, 3.05) is 17.7 Å². The monoisotopic (exact) mass is 264 g/mol. The Balaban J connectivity index is 2.11. The first-order valence-electron chi connectivity index (χ1n) is 7.24. The van der Waals surface area contributed by atoms with Gasteiger partial charge < -0.3 is 15.8 Å². The largest absolute Gasteiger partial charge is 0.476 e. The molecule has 1 aromatic rings. The van der Waals surface area contributed by atoms with Gasteiger partial charge in [-0.15, -0.1) is 0 Å².